The number of allylic oxidation sites excluding steroid dienone is 1. The van der Waals surface area contributed by atoms with Crippen LogP contribution in [0, 0.1) is 0 Å². The first-order chi connectivity index (χ1) is 9.53. The maximum absolute atomic E-state index is 12.0. The number of rotatable bonds is 8. The van der Waals surface area contributed by atoms with Crippen molar-refractivity contribution in [3.63, 3.8) is 0 Å². The highest BCUT2D eigenvalue weighted by molar-refractivity contribution is 5.12. The molecule has 1 N–H and O–H groups in total. The lowest BCUT2D eigenvalue weighted by molar-refractivity contribution is -0.174. The summed E-state index contributed by atoms with van der Waals surface area (Å²) in [5.74, 6) is 0. The van der Waals surface area contributed by atoms with Gasteiger partial charge in [-0.1, -0.05) is 25.0 Å². The highest BCUT2D eigenvalue weighted by Crippen LogP contribution is 2.22. The highest BCUT2D eigenvalue weighted by atomic mass is 19.4. The molecule has 0 aliphatic heterocycles. The number of alkyl halides is 3. The summed E-state index contributed by atoms with van der Waals surface area (Å²) in [6.07, 6.45) is 5.45. The van der Waals surface area contributed by atoms with Gasteiger partial charge < -0.3 is 10.1 Å². The van der Waals surface area contributed by atoms with Gasteiger partial charge in [0.15, 0.2) is 0 Å². The van der Waals surface area contributed by atoms with Crippen molar-refractivity contribution in [2.45, 2.75) is 64.1 Å². The van der Waals surface area contributed by atoms with Gasteiger partial charge >= 0.3 is 6.18 Å². The standard InChI is InChI=1S/C15H26F3NO/c1-2-10-19-14(9-11-20-12-15(16,17)18)13-7-5-3-4-6-8-13/h7,14,19H,2-6,8-12H2,1H3. The molecule has 0 spiro atoms. The van der Waals surface area contributed by atoms with Gasteiger partial charge in [0.2, 0.25) is 0 Å². The fourth-order valence-corrected chi connectivity index (χ4v) is 2.48. The van der Waals surface area contributed by atoms with Crippen molar-refractivity contribution in [3.05, 3.63) is 11.6 Å². The van der Waals surface area contributed by atoms with Crippen LogP contribution in [0.1, 0.15) is 51.9 Å². The lowest BCUT2D eigenvalue weighted by Crippen LogP contribution is -2.33. The Kier molecular flexibility index (Phi) is 8.22. The summed E-state index contributed by atoms with van der Waals surface area (Å²) in [5, 5.41) is 3.44. The fourth-order valence-electron chi connectivity index (χ4n) is 2.48. The van der Waals surface area contributed by atoms with E-state index >= 15 is 0 Å². The van der Waals surface area contributed by atoms with Crippen LogP contribution in [0.15, 0.2) is 11.6 Å². The van der Waals surface area contributed by atoms with Crippen LogP contribution in [0.5, 0.6) is 0 Å². The smallest absolute Gasteiger partial charge is 0.372 e. The van der Waals surface area contributed by atoms with E-state index in [0.29, 0.717) is 6.42 Å². The normalized spacial score (nSPS) is 18.5. The molecule has 1 aliphatic rings. The minimum Gasteiger partial charge on any atom is -0.372 e. The van der Waals surface area contributed by atoms with Gasteiger partial charge in [-0.3, -0.25) is 0 Å². The van der Waals surface area contributed by atoms with Crippen LogP contribution in [0.3, 0.4) is 0 Å². The van der Waals surface area contributed by atoms with Crippen LogP contribution in [0.25, 0.3) is 0 Å². The van der Waals surface area contributed by atoms with E-state index in [1.165, 1.54) is 24.8 Å². The molecule has 0 saturated heterocycles. The van der Waals surface area contributed by atoms with Gasteiger partial charge in [-0.2, -0.15) is 13.2 Å². The van der Waals surface area contributed by atoms with E-state index in [0.717, 1.165) is 25.8 Å². The summed E-state index contributed by atoms with van der Waals surface area (Å²) in [5.41, 5.74) is 1.35. The Hall–Kier alpha value is -0.550. The van der Waals surface area contributed by atoms with Gasteiger partial charge in [-0.05, 0) is 45.1 Å². The average Bonchev–Trinajstić information content (AvgIpc) is 2.65. The molecule has 5 heteroatoms. The van der Waals surface area contributed by atoms with Crippen molar-refractivity contribution in [1.29, 1.82) is 0 Å². The first kappa shape index (κ1) is 17.5. The number of nitrogens with one attached hydrogen (secondary N) is 1. The summed E-state index contributed by atoms with van der Waals surface area (Å²) in [6, 6.07) is 0.168. The minimum absolute atomic E-state index is 0.151. The minimum atomic E-state index is -4.23. The Labute approximate surface area is 119 Å². The lowest BCUT2D eigenvalue weighted by atomic mass is 9.99. The molecule has 1 aliphatic carbocycles. The Balaban J connectivity index is 2.40. The van der Waals surface area contributed by atoms with Crippen molar-refractivity contribution < 1.29 is 17.9 Å². The highest BCUT2D eigenvalue weighted by Gasteiger charge is 2.27. The number of hydrogen-bond donors (Lipinski definition) is 1. The van der Waals surface area contributed by atoms with E-state index < -0.39 is 12.8 Å². The quantitative estimate of drug-likeness (QED) is 0.534. The maximum atomic E-state index is 12.0. The summed E-state index contributed by atoms with van der Waals surface area (Å²) in [6.45, 7) is 1.98. The van der Waals surface area contributed by atoms with Gasteiger partial charge in [0, 0.05) is 12.6 Å². The largest absolute Gasteiger partial charge is 0.411 e. The second kappa shape index (κ2) is 9.40. The third kappa shape index (κ3) is 7.90. The van der Waals surface area contributed by atoms with Crippen molar-refractivity contribution in [2.24, 2.45) is 0 Å². The van der Waals surface area contributed by atoms with E-state index in [4.69, 9.17) is 4.74 Å². The Morgan fingerprint density at radius 3 is 2.80 bits per heavy atom. The fraction of sp³-hybridized carbons (Fsp3) is 0.867. The molecule has 0 amide bonds. The molecule has 0 aromatic rings. The van der Waals surface area contributed by atoms with Crippen LogP contribution in [0.2, 0.25) is 0 Å². The maximum Gasteiger partial charge on any atom is 0.411 e. The SMILES string of the molecule is CCCNC(CCOCC(F)(F)F)C1=CCCCCC1. The molecule has 1 rings (SSSR count). The van der Waals surface area contributed by atoms with Crippen molar-refractivity contribution in [3.8, 4) is 0 Å². The Morgan fingerprint density at radius 1 is 1.30 bits per heavy atom. The van der Waals surface area contributed by atoms with E-state index in [1.807, 2.05) is 0 Å². The second-order valence-electron chi connectivity index (χ2n) is 5.34. The third-order valence-corrected chi connectivity index (χ3v) is 3.48. The van der Waals surface area contributed by atoms with Crippen molar-refractivity contribution in [2.75, 3.05) is 19.8 Å². The summed E-state index contributed by atoms with van der Waals surface area (Å²) >= 11 is 0. The van der Waals surface area contributed by atoms with Crippen molar-refractivity contribution >= 4 is 0 Å². The Bertz CT molecular complexity index is 289. The van der Waals surface area contributed by atoms with Gasteiger partial charge in [-0.25, -0.2) is 0 Å². The van der Waals surface area contributed by atoms with E-state index in [1.54, 1.807) is 0 Å². The molecule has 2 nitrogen and oxygen atoms in total. The van der Waals surface area contributed by atoms with Gasteiger partial charge in [0.05, 0.1) is 0 Å². The molecule has 0 fully saturated rings. The molecule has 0 radical (unpaired) electrons. The third-order valence-electron chi connectivity index (χ3n) is 3.48. The van der Waals surface area contributed by atoms with Crippen LogP contribution < -0.4 is 5.32 Å². The van der Waals surface area contributed by atoms with E-state index in [9.17, 15) is 13.2 Å². The summed E-state index contributed by atoms with van der Waals surface area (Å²) in [4.78, 5) is 0. The van der Waals surface area contributed by atoms with Crippen LogP contribution in [-0.2, 0) is 4.74 Å². The molecule has 20 heavy (non-hydrogen) atoms. The number of halogens is 3. The monoisotopic (exact) mass is 293 g/mol. The molecule has 0 aromatic carbocycles. The molecule has 118 valence electrons. The average molecular weight is 293 g/mol. The van der Waals surface area contributed by atoms with Crippen LogP contribution in [-0.4, -0.2) is 32.0 Å². The van der Waals surface area contributed by atoms with Gasteiger partial charge in [0.1, 0.15) is 6.61 Å². The van der Waals surface area contributed by atoms with Crippen LogP contribution in [0.4, 0.5) is 13.2 Å². The van der Waals surface area contributed by atoms with Crippen LogP contribution >= 0.6 is 0 Å². The van der Waals surface area contributed by atoms with E-state index in [2.05, 4.69) is 18.3 Å². The Morgan fingerprint density at radius 2 is 2.10 bits per heavy atom. The molecule has 1 unspecified atom stereocenters. The molecule has 0 aromatic heterocycles. The first-order valence-corrected chi connectivity index (χ1v) is 7.59. The predicted molar refractivity (Wildman–Crippen MR) is 74.7 cm³/mol. The van der Waals surface area contributed by atoms with E-state index in [-0.39, 0.29) is 12.6 Å². The second-order valence-corrected chi connectivity index (χ2v) is 5.34. The van der Waals surface area contributed by atoms with Crippen molar-refractivity contribution in [1.82, 2.24) is 5.32 Å². The number of hydrogen-bond acceptors (Lipinski definition) is 2. The number of ether oxygens (including phenoxy) is 1. The zero-order chi connectivity index (χ0) is 14.8. The van der Waals surface area contributed by atoms with Gasteiger partial charge in [0.25, 0.3) is 0 Å². The zero-order valence-corrected chi connectivity index (χ0v) is 12.3. The molecule has 0 saturated carbocycles. The first-order valence-electron chi connectivity index (χ1n) is 7.59. The molecule has 1 atom stereocenters. The topological polar surface area (TPSA) is 21.3 Å². The molecular weight excluding hydrogens is 267 g/mol. The lowest BCUT2D eigenvalue weighted by Gasteiger charge is -2.22. The summed E-state index contributed by atoms with van der Waals surface area (Å²) < 4.78 is 40.9. The molecule has 0 heterocycles. The zero-order valence-electron chi connectivity index (χ0n) is 12.3. The molecular formula is C15H26F3NO. The summed E-state index contributed by atoms with van der Waals surface area (Å²) in [7, 11) is 0. The molecule has 0 bridgehead atoms. The predicted octanol–water partition coefficient (Wildman–Crippen LogP) is 4.21. The van der Waals surface area contributed by atoms with Gasteiger partial charge in [-0.15, -0.1) is 0 Å².